The third-order valence-corrected chi connectivity index (χ3v) is 4.32. The lowest BCUT2D eigenvalue weighted by Gasteiger charge is -2.09. The van der Waals surface area contributed by atoms with Crippen LogP contribution in [0.3, 0.4) is 0 Å². The molecular formula is C17H18N2O4S. The Morgan fingerprint density at radius 2 is 2.00 bits per heavy atom. The minimum atomic E-state index is -0.365. The van der Waals surface area contributed by atoms with Crippen LogP contribution >= 0.6 is 11.5 Å². The van der Waals surface area contributed by atoms with Crippen molar-refractivity contribution < 1.29 is 13.9 Å². The molecule has 126 valence electrons. The molecule has 0 N–H and O–H groups in total. The van der Waals surface area contributed by atoms with Crippen molar-refractivity contribution in [2.24, 2.45) is 0 Å². The third kappa shape index (κ3) is 3.32. The van der Waals surface area contributed by atoms with E-state index in [4.69, 9.17) is 13.9 Å². The molecule has 0 bridgehead atoms. The van der Waals surface area contributed by atoms with E-state index in [1.54, 1.807) is 13.2 Å². The number of methoxy groups -OCH3 is 1. The molecule has 0 aliphatic heterocycles. The van der Waals surface area contributed by atoms with E-state index >= 15 is 0 Å². The van der Waals surface area contributed by atoms with Crippen LogP contribution < -0.4 is 10.4 Å². The highest BCUT2D eigenvalue weighted by atomic mass is 32.1. The largest absolute Gasteiger partial charge is 0.430 e. The van der Waals surface area contributed by atoms with Gasteiger partial charge >= 0.3 is 5.63 Å². The molecule has 6 nitrogen and oxygen atoms in total. The van der Waals surface area contributed by atoms with Crippen LogP contribution in [0.4, 0.5) is 0 Å². The number of aromatic nitrogens is 2. The molecule has 0 aliphatic carbocycles. The second kappa shape index (κ2) is 6.70. The Morgan fingerprint density at radius 1 is 1.21 bits per heavy atom. The monoisotopic (exact) mass is 346 g/mol. The zero-order chi connectivity index (χ0) is 17.3. The first-order valence-corrected chi connectivity index (χ1v) is 8.37. The van der Waals surface area contributed by atoms with Crippen LogP contribution in [-0.4, -0.2) is 16.5 Å². The third-order valence-electron chi connectivity index (χ3n) is 3.72. The summed E-state index contributed by atoms with van der Waals surface area (Å²) in [4.78, 5) is 16.0. The number of rotatable bonds is 5. The molecule has 3 aromatic rings. The minimum absolute atomic E-state index is 0.193. The molecule has 0 spiro atoms. The van der Waals surface area contributed by atoms with E-state index in [1.165, 1.54) is 6.07 Å². The highest BCUT2D eigenvalue weighted by Gasteiger charge is 2.14. The Hall–Kier alpha value is -2.25. The summed E-state index contributed by atoms with van der Waals surface area (Å²) in [6.07, 6.45) is -0.193. The molecule has 3 rings (SSSR count). The van der Waals surface area contributed by atoms with Crippen LogP contribution in [0.5, 0.6) is 10.9 Å². The van der Waals surface area contributed by atoms with E-state index in [1.807, 2.05) is 32.9 Å². The molecular weight excluding hydrogens is 328 g/mol. The van der Waals surface area contributed by atoms with Crippen molar-refractivity contribution in [3.8, 4) is 10.9 Å². The average molecular weight is 346 g/mol. The topological polar surface area (TPSA) is 74.5 Å². The minimum Gasteiger partial charge on any atom is -0.430 e. The molecule has 0 fully saturated rings. The number of ether oxygens (including phenoxy) is 2. The number of fused-ring (bicyclic) bond motifs is 1. The Labute approximate surface area is 143 Å². The predicted molar refractivity (Wildman–Crippen MR) is 92.0 cm³/mol. The van der Waals surface area contributed by atoms with Gasteiger partial charge in [0.2, 0.25) is 0 Å². The maximum atomic E-state index is 11.7. The van der Waals surface area contributed by atoms with Crippen LogP contribution in [-0.2, 0) is 4.74 Å². The predicted octanol–water partition coefficient (Wildman–Crippen LogP) is 4.27. The second-order valence-electron chi connectivity index (χ2n) is 5.73. The van der Waals surface area contributed by atoms with Gasteiger partial charge in [-0.15, -0.1) is 0 Å². The number of hydrogen-bond acceptors (Lipinski definition) is 7. The van der Waals surface area contributed by atoms with Gasteiger partial charge in [-0.1, -0.05) is 13.8 Å². The summed E-state index contributed by atoms with van der Waals surface area (Å²) in [7, 11) is 1.60. The van der Waals surface area contributed by atoms with E-state index in [2.05, 4.69) is 9.36 Å². The van der Waals surface area contributed by atoms with Gasteiger partial charge in [0, 0.05) is 36.2 Å². The summed E-state index contributed by atoms with van der Waals surface area (Å²) < 4.78 is 20.4. The van der Waals surface area contributed by atoms with Gasteiger partial charge in [0.25, 0.3) is 5.19 Å². The smallest absolute Gasteiger partial charge is 0.336 e. The van der Waals surface area contributed by atoms with Crippen LogP contribution in [0.1, 0.15) is 44.2 Å². The quantitative estimate of drug-likeness (QED) is 0.642. The molecule has 24 heavy (non-hydrogen) atoms. The Morgan fingerprint density at radius 3 is 2.71 bits per heavy atom. The first-order valence-electron chi connectivity index (χ1n) is 7.60. The van der Waals surface area contributed by atoms with Gasteiger partial charge in [-0.2, -0.15) is 9.36 Å². The Bertz CT molecular complexity index is 916. The van der Waals surface area contributed by atoms with E-state index in [9.17, 15) is 4.79 Å². The summed E-state index contributed by atoms with van der Waals surface area (Å²) in [5.41, 5.74) is 1.09. The maximum Gasteiger partial charge on any atom is 0.336 e. The van der Waals surface area contributed by atoms with Gasteiger partial charge in [0.15, 0.2) is 5.82 Å². The lowest BCUT2D eigenvalue weighted by Crippen LogP contribution is -2.02. The van der Waals surface area contributed by atoms with Crippen molar-refractivity contribution in [2.75, 3.05) is 7.11 Å². The lowest BCUT2D eigenvalue weighted by atomic mass is 10.00. The van der Waals surface area contributed by atoms with Crippen molar-refractivity contribution in [1.29, 1.82) is 0 Å². The van der Waals surface area contributed by atoms with Crippen molar-refractivity contribution in [2.45, 2.75) is 32.8 Å². The normalized spacial score (nSPS) is 12.7. The SMILES string of the molecule is COC(C)c1nsc(Oc2ccc3c(C(C)C)cc(=O)oc3c2)n1. The van der Waals surface area contributed by atoms with Crippen molar-refractivity contribution >= 4 is 22.5 Å². The molecule has 1 unspecified atom stereocenters. The molecule has 0 amide bonds. The fourth-order valence-corrected chi connectivity index (χ4v) is 2.97. The fraction of sp³-hybridized carbons (Fsp3) is 0.353. The zero-order valence-electron chi connectivity index (χ0n) is 13.9. The summed E-state index contributed by atoms with van der Waals surface area (Å²) in [6, 6.07) is 6.96. The van der Waals surface area contributed by atoms with E-state index in [0.717, 1.165) is 22.5 Å². The highest BCUT2D eigenvalue weighted by Crippen LogP contribution is 2.30. The maximum absolute atomic E-state index is 11.7. The average Bonchev–Trinajstić information content (AvgIpc) is 3.01. The lowest BCUT2D eigenvalue weighted by molar-refractivity contribution is 0.113. The summed E-state index contributed by atoms with van der Waals surface area (Å²) in [6.45, 7) is 5.95. The molecule has 2 aromatic heterocycles. The zero-order valence-corrected chi connectivity index (χ0v) is 14.7. The van der Waals surface area contributed by atoms with Crippen LogP contribution in [0.25, 0.3) is 11.0 Å². The van der Waals surface area contributed by atoms with Gasteiger partial charge in [-0.25, -0.2) is 4.79 Å². The van der Waals surface area contributed by atoms with E-state index in [0.29, 0.717) is 22.4 Å². The Balaban J connectivity index is 1.94. The molecule has 0 saturated heterocycles. The molecule has 0 aliphatic rings. The number of benzene rings is 1. The summed E-state index contributed by atoms with van der Waals surface area (Å²) >= 11 is 1.15. The molecule has 0 radical (unpaired) electrons. The standard InChI is InChI=1S/C17H18N2O4S/c1-9(2)13-8-15(20)23-14-7-11(5-6-12(13)14)22-17-18-16(19-24-17)10(3)21-4/h5-10H,1-4H3. The van der Waals surface area contributed by atoms with E-state index < -0.39 is 0 Å². The van der Waals surface area contributed by atoms with E-state index in [-0.39, 0.29) is 17.6 Å². The fourth-order valence-electron chi connectivity index (χ4n) is 2.34. The molecule has 1 aromatic carbocycles. The van der Waals surface area contributed by atoms with Crippen molar-refractivity contribution in [3.05, 3.63) is 46.1 Å². The van der Waals surface area contributed by atoms with Crippen LogP contribution in [0.2, 0.25) is 0 Å². The Kier molecular flexibility index (Phi) is 4.64. The first kappa shape index (κ1) is 16.6. The van der Waals surface area contributed by atoms with Gasteiger partial charge in [-0.05, 0) is 30.5 Å². The van der Waals surface area contributed by atoms with Gasteiger partial charge < -0.3 is 13.9 Å². The molecule has 2 heterocycles. The summed E-state index contributed by atoms with van der Waals surface area (Å²) in [5, 5.41) is 1.32. The van der Waals surface area contributed by atoms with Crippen LogP contribution in [0, 0.1) is 0 Å². The van der Waals surface area contributed by atoms with Gasteiger partial charge in [0.05, 0.1) is 0 Å². The summed E-state index contributed by atoms with van der Waals surface area (Å²) in [5.74, 6) is 1.34. The molecule has 0 saturated carbocycles. The number of hydrogen-bond donors (Lipinski definition) is 0. The van der Waals surface area contributed by atoms with Gasteiger partial charge in [-0.3, -0.25) is 0 Å². The van der Waals surface area contributed by atoms with Crippen LogP contribution in [0.15, 0.2) is 33.5 Å². The first-order chi connectivity index (χ1) is 11.5. The molecule has 1 atom stereocenters. The van der Waals surface area contributed by atoms with Gasteiger partial charge in [0.1, 0.15) is 17.4 Å². The van der Waals surface area contributed by atoms with Crippen molar-refractivity contribution in [1.82, 2.24) is 9.36 Å². The molecule has 7 heteroatoms. The second-order valence-corrected chi connectivity index (χ2v) is 6.45. The highest BCUT2D eigenvalue weighted by molar-refractivity contribution is 7.07. The number of nitrogens with zero attached hydrogens (tertiary/aromatic N) is 2. The van der Waals surface area contributed by atoms with Crippen molar-refractivity contribution in [3.63, 3.8) is 0 Å².